The van der Waals surface area contributed by atoms with E-state index < -0.39 is 0 Å². The molecule has 0 saturated heterocycles. The molecule has 0 unspecified atom stereocenters. The Morgan fingerprint density at radius 2 is 2.10 bits per heavy atom. The van der Waals surface area contributed by atoms with Crippen LogP contribution in [0.2, 0.25) is 0 Å². The fourth-order valence-electron chi connectivity index (χ4n) is 1.99. The monoisotopic (exact) mass is 362 g/mol. The summed E-state index contributed by atoms with van der Waals surface area (Å²) in [6.45, 7) is 0.627. The van der Waals surface area contributed by atoms with E-state index in [1.165, 1.54) is 17.4 Å². The van der Waals surface area contributed by atoms with E-state index in [9.17, 15) is 4.39 Å². The van der Waals surface area contributed by atoms with Crippen LogP contribution in [0.15, 0.2) is 58.6 Å². The van der Waals surface area contributed by atoms with Crippen LogP contribution in [0.25, 0.3) is 10.4 Å². The second kappa shape index (κ2) is 6.37. The number of rotatable bonds is 4. The summed E-state index contributed by atoms with van der Waals surface area (Å²) in [7, 11) is 0. The van der Waals surface area contributed by atoms with Gasteiger partial charge in [0.25, 0.3) is 0 Å². The van der Waals surface area contributed by atoms with Crippen LogP contribution in [0.5, 0.6) is 0 Å². The smallest absolute Gasteiger partial charge is 0.131 e. The highest BCUT2D eigenvalue weighted by atomic mass is 79.9. The van der Waals surface area contributed by atoms with Gasteiger partial charge in [0.2, 0.25) is 0 Å². The Balaban J connectivity index is 1.77. The van der Waals surface area contributed by atoms with Gasteiger partial charge < -0.3 is 5.32 Å². The highest BCUT2D eigenvalue weighted by Crippen LogP contribution is 2.28. The SMILES string of the molecule is Fc1ccc(CNc2ccc(Br)nc2)cc1-c1cccs1. The molecule has 0 amide bonds. The van der Waals surface area contributed by atoms with Crippen LogP contribution in [0.4, 0.5) is 10.1 Å². The van der Waals surface area contributed by atoms with Crippen molar-refractivity contribution in [1.29, 1.82) is 0 Å². The zero-order valence-electron chi connectivity index (χ0n) is 11.0. The van der Waals surface area contributed by atoms with Gasteiger partial charge in [-0.25, -0.2) is 9.37 Å². The van der Waals surface area contributed by atoms with Crippen molar-refractivity contribution in [3.8, 4) is 10.4 Å². The molecule has 0 spiro atoms. The van der Waals surface area contributed by atoms with Gasteiger partial charge in [0, 0.05) is 17.0 Å². The minimum atomic E-state index is -0.188. The quantitative estimate of drug-likeness (QED) is 0.635. The Hall–Kier alpha value is -1.72. The maximum absolute atomic E-state index is 13.9. The summed E-state index contributed by atoms with van der Waals surface area (Å²) in [5, 5.41) is 5.23. The highest BCUT2D eigenvalue weighted by Gasteiger charge is 2.07. The standard InChI is InChI=1S/C16H12BrFN2S/c17-16-6-4-12(10-20-16)19-9-11-3-5-14(18)13(8-11)15-2-1-7-21-15/h1-8,10,19H,9H2. The Labute approximate surface area is 134 Å². The number of pyridine rings is 1. The molecule has 3 aromatic rings. The Morgan fingerprint density at radius 3 is 2.81 bits per heavy atom. The van der Waals surface area contributed by atoms with Crippen LogP contribution in [0, 0.1) is 5.82 Å². The summed E-state index contributed by atoms with van der Waals surface area (Å²) in [6.07, 6.45) is 1.76. The molecule has 0 fully saturated rings. The fourth-order valence-corrected chi connectivity index (χ4v) is 2.97. The van der Waals surface area contributed by atoms with Gasteiger partial charge in [0.1, 0.15) is 10.4 Å². The minimum absolute atomic E-state index is 0.188. The largest absolute Gasteiger partial charge is 0.380 e. The molecule has 3 rings (SSSR count). The van der Waals surface area contributed by atoms with Gasteiger partial charge in [-0.15, -0.1) is 11.3 Å². The van der Waals surface area contributed by atoms with Crippen molar-refractivity contribution in [3.05, 3.63) is 70.0 Å². The number of benzene rings is 1. The fraction of sp³-hybridized carbons (Fsp3) is 0.0625. The van der Waals surface area contributed by atoms with E-state index >= 15 is 0 Å². The maximum Gasteiger partial charge on any atom is 0.131 e. The van der Waals surface area contributed by atoms with E-state index in [1.807, 2.05) is 35.7 Å². The number of nitrogens with one attached hydrogen (secondary N) is 1. The summed E-state index contributed by atoms with van der Waals surface area (Å²) < 4.78 is 14.7. The molecule has 2 aromatic heterocycles. The Bertz CT molecular complexity index is 727. The average Bonchev–Trinajstić information content (AvgIpc) is 3.02. The van der Waals surface area contributed by atoms with E-state index in [4.69, 9.17) is 0 Å². The molecule has 0 aliphatic heterocycles. The van der Waals surface area contributed by atoms with Gasteiger partial charge in [-0.05, 0) is 57.2 Å². The van der Waals surface area contributed by atoms with E-state index in [2.05, 4.69) is 26.2 Å². The molecule has 1 aromatic carbocycles. The molecule has 0 atom stereocenters. The van der Waals surface area contributed by atoms with Crippen molar-refractivity contribution in [3.63, 3.8) is 0 Å². The zero-order chi connectivity index (χ0) is 14.7. The molecular weight excluding hydrogens is 351 g/mol. The lowest BCUT2D eigenvalue weighted by Crippen LogP contribution is -2.00. The lowest BCUT2D eigenvalue weighted by atomic mass is 10.1. The third-order valence-electron chi connectivity index (χ3n) is 3.04. The zero-order valence-corrected chi connectivity index (χ0v) is 13.4. The van der Waals surface area contributed by atoms with Crippen LogP contribution in [-0.4, -0.2) is 4.98 Å². The first-order valence-corrected chi connectivity index (χ1v) is 8.07. The molecule has 106 valence electrons. The predicted octanol–water partition coefficient (Wildman–Crippen LogP) is 5.32. The van der Waals surface area contributed by atoms with Crippen molar-refractivity contribution >= 4 is 33.0 Å². The van der Waals surface area contributed by atoms with E-state index in [0.717, 1.165) is 20.7 Å². The van der Waals surface area contributed by atoms with Gasteiger partial charge in [-0.3, -0.25) is 0 Å². The average molecular weight is 363 g/mol. The number of hydrogen-bond donors (Lipinski definition) is 1. The van der Waals surface area contributed by atoms with E-state index in [0.29, 0.717) is 12.1 Å². The summed E-state index contributed by atoms with van der Waals surface area (Å²) in [5.41, 5.74) is 2.61. The Kier molecular flexibility index (Phi) is 4.31. The highest BCUT2D eigenvalue weighted by molar-refractivity contribution is 9.10. The van der Waals surface area contributed by atoms with Crippen molar-refractivity contribution in [1.82, 2.24) is 4.98 Å². The minimum Gasteiger partial charge on any atom is -0.380 e. The van der Waals surface area contributed by atoms with E-state index in [1.54, 1.807) is 12.3 Å². The van der Waals surface area contributed by atoms with Gasteiger partial charge in [-0.1, -0.05) is 12.1 Å². The van der Waals surface area contributed by atoms with Crippen LogP contribution >= 0.6 is 27.3 Å². The molecule has 21 heavy (non-hydrogen) atoms. The number of anilines is 1. The summed E-state index contributed by atoms with van der Waals surface area (Å²) >= 11 is 4.84. The molecule has 0 bridgehead atoms. The summed E-state index contributed by atoms with van der Waals surface area (Å²) in [6, 6.07) is 12.9. The predicted molar refractivity (Wildman–Crippen MR) is 89.0 cm³/mol. The molecule has 5 heteroatoms. The molecular formula is C16H12BrFN2S. The number of aromatic nitrogens is 1. The first-order chi connectivity index (χ1) is 10.2. The molecule has 2 nitrogen and oxygen atoms in total. The van der Waals surface area contributed by atoms with Crippen LogP contribution < -0.4 is 5.32 Å². The van der Waals surface area contributed by atoms with Crippen molar-refractivity contribution in [2.45, 2.75) is 6.54 Å². The summed E-state index contributed by atoms with van der Waals surface area (Å²) in [4.78, 5) is 5.10. The second-order valence-electron chi connectivity index (χ2n) is 4.51. The molecule has 0 aliphatic rings. The van der Waals surface area contributed by atoms with Gasteiger partial charge in [-0.2, -0.15) is 0 Å². The molecule has 0 aliphatic carbocycles. The normalized spacial score (nSPS) is 10.6. The van der Waals surface area contributed by atoms with E-state index in [-0.39, 0.29) is 5.82 Å². The maximum atomic E-state index is 13.9. The molecule has 0 radical (unpaired) electrons. The Morgan fingerprint density at radius 1 is 1.19 bits per heavy atom. The first kappa shape index (κ1) is 14.2. The number of halogens is 2. The van der Waals surface area contributed by atoms with Crippen LogP contribution in [0.3, 0.4) is 0 Å². The number of nitrogens with zero attached hydrogens (tertiary/aromatic N) is 1. The lowest BCUT2D eigenvalue weighted by molar-refractivity contribution is 0.631. The second-order valence-corrected chi connectivity index (χ2v) is 6.27. The number of hydrogen-bond acceptors (Lipinski definition) is 3. The van der Waals surface area contributed by atoms with Crippen LogP contribution in [0.1, 0.15) is 5.56 Å². The van der Waals surface area contributed by atoms with Crippen molar-refractivity contribution in [2.75, 3.05) is 5.32 Å². The molecule has 2 heterocycles. The molecule has 1 N–H and O–H groups in total. The third kappa shape index (κ3) is 3.49. The van der Waals surface area contributed by atoms with Gasteiger partial charge in [0.15, 0.2) is 0 Å². The first-order valence-electron chi connectivity index (χ1n) is 6.40. The topological polar surface area (TPSA) is 24.9 Å². The van der Waals surface area contributed by atoms with Gasteiger partial charge in [0.05, 0.1) is 11.9 Å². The third-order valence-corrected chi connectivity index (χ3v) is 4.41. The van der Waals surface area contributed by atoms with Gasteiger partial charge >= 0.3 is 0 Å². The lowest BCUT2D eigenvalue weighted by Gasteiger charge is -2.08. The van der Waals surface area contributed by atoms with Crippen molar-refractivity contribution < 1.29 is 4.39 Å². The van der Waals surface area contributed by atoms with Crippen LogP contribution in [-0.2, 0) is 6.54 Å². The summed E-state index contributed by atoms with van der Waals surface area (Å²) in [5.74, 6) is -0.188. The molecule has 0 saturated carbocycles. The number of thiophene rings is 1. The van der Waals surface area contributed by atoms with Crippen molar-refractivity contribution in [2.24, 2.45) is 0 Å².